The minimum absolute atomic E-state index is 0.000441. The second-order valence-corrected chi connectivity index (χ2v) is 6.63. The molecule has 2 aromatic rings. The molecule has 4 nitrogen and oxygen atoms in total. The van der Waals surface area contributed by atoms with Gasteiger partial charge in [-0.05, 0) is 32.4 Å². The molecule has 1 aromatic heterocycles. The van der Waals surface area contributed by atoms with Crippen LogP contribution in [0.5, 0.6) is 0 Å². The quantitative estimate of drug-likeness (QED) is 0.816. The number of imidazole rings is 1. The van der Waals surface area contributed by atoms with Gasteiger partial charge in [-0.1, -0.05) is 29.5 Å². The Balaban J connectivity index is 1.89. The van der Waals surface area contributed by atoms with E-state index >= 15 is 0 Å². The minimum atomic E-state index is -0.160. The number of cyclic esters (lactones) is 1. The molecule has 3 rings (SSSR count). The normalized spacial score (nSPS) is 21.6. The second-order valence-electron chi connectivity index (χ2n) is 5.46. The molecule has 2 unspecified atom stereocenters. The Morgan fingerprint density at radius 1 is 1.38 bits per heavy atom. The number of aromatic nitrogens is 2. The van der Waals surface area contributed by atoms with E-state index in [0.29, 0.717) is 0 Å². The summed E-state index contributed by atoms with van der Waals surface area (Å²) in [5.41, 5.74) is 3.52. The van der Waals surface area contributed by atoms with E-state index < -0.39 is 0 Å². The van der Waals surface area contributed by atoms with Gasteiger partial charge in [-0.3, -0.25) is 9.36 Å². The molecule has 0 N–H and O–H groups in total. The SMILES string of the molecule is Cc1ccc(-n2ccnc2SC2CC(C)OC2=O)c(C)c1. The molecule has 1 aromatic carbocycles. The summed E-state index contributed by atoms with van der Waals surface area (Å²) in [7, 11) is 0. The molecule has 1 aliphatic rings. The van der Waals surface area contributed by atoms with Crippen molar-refractivity contribution in [2.24, 2.45) is 0 Å². The molecule has 1 fully saturated rings. The molecule has 0 aliphatic carbocycles. The van der Waals surface area contributed by atoms with Gasteiger partial charge in [0.05, 0.1) is 5.69 Å². The molecule has 0 bridgehead atoms. The summed E-state index contributed by atoms with van der Waals surface area (Å²) >= 11 is 1.48. The number of aryl methyl sites for hydroxylation is 2. The fourth-order valence-corrected chi connectivity index (χ4v) is 3.75. The Hall–Kier alpha value is -1.75. The van der Waals surface area contributed by atoms with E-state index in [1.165, 1.54) is 22.9 Å². The molecule has 2 atom stereocenters. The van der Waals surface area contributed by atoms with Crippen LogP contribution < -0.4 is 0 Å². The van der Waals surface area contributed by atoms with Crippen LogP contribution in [0.15, 0.2) is 35.7 Å². The second kappa shape index (κ2) is 5.56. The van der Waals surface area contributed by atoms with Crippen LogP contribution in [-0.4, -0.2) is 26.9 Å². The highest BCUT2D eigenvalue weighted by molar-refractivity contribution is 8.00. The van der Waals surface area contributed by atoms with Crippen LogP contribution in [0, 0.1) is 13.8 Å². The minimum Gasteiger partial charge on any atom is -0.462 e. The maximum absolute atomic E-state index is 11.8. The molecule has 0 spiro atoms. The number of benzene rings is 1. The van der Waals surface area contributed by atoms with E-state index in [1.54, 1.807) is 6.20 Å². The number of thioether (sulfide) groups is 1. The summed E-state index contributed by atoms with van der Waals surface area (Å²) in [6.07, 6.45) is 4.44. The fraction of sp³-hybridized carbons (Fsp3) is 0.375. The third-order valence-electron chi connectivity index (χ3n) is 3.59. The van der Waals surface area contributed by atoms with Crippen LogP contribution in [0.1, 0.15) is 24.5 Å². The van der Waals surface area contributed by atoms with Crippen LogP contribution in [0.3, 0.4) is 0 Å². The summed E-state index contributed by atoms with van der Waals surface area (Å²) in [5, 5.41) is 0.671. The van der Waals surface area contributed by atoms with Crippen molar-refractivity contribution >= 4 is 17.7 Å². The van der Waals surface area contributed by atoms with E-state index in [2.05, 4.69) is 37.0 Å². The lowest BCUT2D eigenvalue weighted by atomic mass is 10.1. The first-order valence-corrected chi connectivity index (χ1v) is 7.90. The van der Waals surface area contributed by atoms with Crippen LogP contribution in [-0.2, 0) is 9.53 Å². The van der Waals surface area contributed by atoms with Crippen molar-refractivity contribution in [1.82, 2.24) is 9.55 Å². The fourth-order valence-electron chi connectivity index (χ4n) is 2.58. The molecule has 21 heavy (non-hydrogen) atoms. The highest BCUT2D eigenvalue weighted by Crippen LogP contribution is 2.32. The summed E-state index contributed by atoms with van der Waals surface area (Å²) < 4.78 is 7.25. The molecule has 1 aliphatic heterocycles. The van der Waals surface area contributed by atoms with Crippen molar-refractivity contribution in [1.29, 1.82) is 0 Å². The summed E-state index contributed by atoms with van der Waals surface area (Å²) in [4.78, 5) is 16.2. The average Bonchev–Trinajstić information content (AvgIpc) is 2.97. The summed E-state index contributed by atoms with van der Waals surface area (Å²) in [5.74, 6) is -0.136. The van der Waals surface area contributed by atoms with E-state index in [9.17, 15) is 4.79 Å². The zero-order valence-corrected chi connectivity index (χ0v) is 13.2. The predicted molar refractivity (Wildman–Crippen MR) is 82.9 cm³/mol. The van der Waals surface area contributed by atoms with E-state index in [0.717, 1.165) is 17.3 Å². The Kier molecular flexibility index (Phi) is 3.76. The third-order valence-corrected chi connectivity index (χ3v) is 4.77. The number of hydrogen-bond acceptors (Lipinski definition) is 4. The Morgan fingerprint density at radius 2 is 2.19 bits per heavy atom. The first kappa shape index (κ1) is 14.2. The van der Waals surface area contributed by atoms with Crippen LogP contribution >= 0.6 is 11.8 Å². The van der Waals surface area contributed by atoms with Crippen LogP contribution in [0.4, 0.5) is 0 Å². The van der Waals surface area contributed by atoms with Crippen molar-refractivity contribution in [3.63, 3.8) is 0 Å². The van der Waals surface area contributed by atoms with Gasteiger partial charge in [-0.2, -0.15) is 0 Å². The highest BCUT2D eigenvalue weighted by atomic mass is 32.2. The summed E-state index contributed by atoms with van der Waals surface area (Å²) in [6.45, 7) is 6.09. The van der Waals surface area contributed by atoms with Crippen molar-refractivity contribution in [3.8, 4) is 5.69 Å². The van der Waals surface area contributed by atoms with Gasteiger partial charge in [0.25, 0.3) is 0 Å². The molecule has 2 heterocycles. The molecular formula is C16H18N2O2S. The zero-order chi connectivity index (χ0) is 15.0. The monoisotopic (exact) mass is 302 g/mol. The van der Waals surface area contributed by atoms with Crippen molar-refractivity contribution in [2.45, 2.75) is 43.7 Å². The number of hydrogen-bond donors (Lipinski definition) is 0. The highest BCUT2D eigenvalue weighted by Gasteiger charge is 2.33. The van der Waals surface area contributed by atoms with Gasteiger partial charge in [0.1, 0.15) is 11.4 Å². The third kappa shape index (κ3) is 2.83. The molecule has 0 saturated carbocycles. The van der Waals surface area contributed by atoms with Crippen molar-refractivity contribution in [2.75, 3.05) is 0 Å². The number of rotatable bonds is 3. The van der Waals surface area contributed by atoms with Gasteiger partial charge in [0.15, 0.2) is 5.16 Å². The zero-order valence-electron chi connectivity index (χ0n) is 12.4. The van der Waals surface area contributed by atoms with E-state index in [4.69, 9.17) is 4.74 Å². The number of carbonyl (C=O) groups is 1. The van der Waals surface area contributed by atoms with Gasteiger partial charge in [-0.15, -0.1) is 0 Å². The van der Waals surface area contributed by atoms with Gasteiger partial charge >= 0.3 is 5.97 Å². The average molecular weight is 302 g/mol. The topological polar surface area (TPSA) is 44.1 Å². The number of esters is 1. The lowest BCUT2D eigenvalue weighted by Gasteiger charge is -2.12. The van der Waals surface area contributed by atoms with Gasteiger partial charge in [-0.25, -0.2) is 4.98 Å². The maximum Gasteiger partial charge on any atom is 0.319 e. The Bertz CT molecular complexity index is 681. The van der Waals surface area contributed by atoms with E-state index in [-0.39, 0.29) is 17.3 Å². The first-order valence-electron chi connectivity index (χ1n) is 7.02. The van der Waals surface area contributed by atoms with Crippen molar-refractivity contribution < 1.29 is 9.53 Å². The smallest absolute Gasteiger partial charge is 0.319 e. The molecule has 0 amide bonds. The molecule has 110 valence electrons. The standard InChI is InChI=1S/C16H18N2O2S/c1-10-4-5-13(11(2)8-10)18-7-6-17-16(18)21-14-9-12(3)20-15(14)19/h4-8,12,14H,9H2,1-3H3. The Labute approximate surface area is 128 Å². The van der Waals surface area contributed by atoms with E-state index in [1.807, 2.05) is 17.7 Å². The lowest BCUT2D eigenvalue weighted by Crippen LogP contribution is -2.11. The largest absolute Gasteiger partial charge is 0.462 e. The number of nitrogens with zero attached hydrogens (tertiary/aromatic N) is 2. The molecule has 1 saturated heterocycles. The number of ether oxygens (including phenoxy) is 1. The molecule has 0 radical (unpaired) electrons. The van der Waals surface area contributed by atoms with Crippen LogP contribution in [0.25, 0.3) is 5.69 Å². The number of carbonyl (C=O) groups excluding carboxylic acids is 1. The van der Waals surface area contributed by atoms with Gasteiger partial charge in [0, 0.05) is 18.8 Å². The van der Waals surface area contributed by atoms with Crippen molar-refractivity contribution in [3.05, 3.63) is 41.7 Å². The molecule has 5 heteroatoms. The van der Waals surface area contributed by atoms with Crippen LogP contribution in [0.2, 0.25) is 0 Å². The van der Waals surface area contributed by atoms with Gasteiger partial charge in [0.2, 0.25) is 0 Å². The van der Waals surface area contributed by atoms with Gasteiger partial charge < -0.3 is 4.74 Å². The first-order chi connectivity index (χ1) is 10.0. The predicted octanol–water partition coefficient (Wildman–Crippen LogP) is 3.29. The Morgan fingerprint density at radius 3 is 2.86 bits per heavy atom. The molecular weight excluding hydrogens is 284 g/mol. The lowest BCUT2D eigenvalue weighted by molar-refractivity contribution is -0.140. The maximum atomic E-state index is 11.8. The summed E-state index contributed by atoms with van der Waals surface area (Å²) in [6, 6.07) is 6.32.